The standard InChI is InChI=1S/C32H35ClN4O/c1-2-38-22-37-28(16-10-5-11-19-33)36-30-31(37)29-26(21-24-14-8-4-9-15-24)25(17-18-27(29)35-32(30)34)20-23-12-6-3-7-13-23/h3-4,6-9,12-15,17-18H,2,5,10-11,16,19-22H2,1H3,(H2,34,35). The molecule has 2 N–H and O–H groups in total. The number of unbranched alkanes of at least 4 members (excludes halogenated alkanes) is 2. The van der Waals surface area contributed by atoms with Crippen LogP contribution in [0.15, 0.2) is 72.8 Å². The van der Waals surface area contributed by atoms with Gasteiger partial charge in [0.05, 0.1) is 11.0 Å². The number of hydrogen-bond donors (Lipinski definition) is 1. The minimum Gasteiger partial charge on any atom is -0.382 e. The molecule has 2 heterocycles. The van der Waals surface area contributed by atoms with Crippen LogP contribution < -0.4 is 5.73 Å². The van der Waals surface area contributed by atoms with Crippen molar-refractivity contribution in [3.8, 4) is 0 Å². The minimum absolute atomic E-state index is 0.435. The van der Waals surface area contributed by atoms with Gasteiger partial charge in [0, 0.05) is 24.3 Å². The third-order valence-electron chi connectivity index (χ3n) is 7.07. The lowest BCUT2D eigenvalue weighted by molar-refractivity contribution is 0.0886. The van der Waals surface area contributed by atoms with Crippen LogP contribution in [0.25, 0.3) is 21.9 Å². The molecule has 196 valence electrons. The van der Waals surface area contributed by atoms with Crippen molar-refractivity contribution < 1.29 is 4.74 Å². The Morgan fingerprint density at radius 2 is 1.55 bits per heavy atom. The van der Waals surface area contributed by atoms with Crippen molar-refractivity contribution in [1.29, 1.82) is 0 Å². The smallest absolute Gasteiger partial charge is 0.152 e. The van der Waals surface area contributed by atoms with Crippen LogP contribution in [-0.4, -0.2) is 27.0 Å². The number of pyridine rings is 1. The van der Waals surface area contributed by atoms with Crippen molar-refractivity contribution in [2.45, 2.75) is 52.2 Å². The topological polar surface area (TPSA) is 66.0 Å². The Hall–Kier alpha value is -3.41. The first-order valence-corrected chi connectivity index (χ1v) is 14.0. The first kappa shape index (κ1) is 26.2. The molecule has 0 saturated carbocycles. The van der Waals surface area contributed by atoms with Crippen LogP contribution in [0.5, 0.6) is 0 Å². The molecular weight excluding hydrogens is 492 g/mol. The van der Waals surface area contributed by atoms with E-state index in [1.54, 1.807) is 0 Å². The third-order valence-corrected chi connectivity index (χ3v) is 7.34. The summed E-state index contributed by atoms with van der Waals surface area (Å²) in [4.78, 5) is 9.88. The zero-order chi connectivity index (χ0) is 26.3. The van der Waals surface area contributed by atoms with E-state index in [-0.39, 0.29) is 0 Å². The summed E-state index contributed by atoms with van der Waals surface area (Å²) < 4.78 is 8.19. The van der Waals surface area contributed by atoms with Gasteiger partial charge in [0.15, 0.2) is 5.82 Å². The molecule has 0 fully saturated rings. The van der Waals surface area contributed by atoms with Gasteiger partial charge in [0.1, 0.15) is 18.1 Å². The van der Waals surface area contributed by atoms with Gasteiger partial charge in [0.2, 0.25) is 0 Å². The predicted octanol–water partition coefficient (Wildman–Crippen LogP) is 7.29. The molecule has 0 bridgehead atoms. The lowest BCUT2D eigenvalue weighted by Crippen LogP contribution is -2.09. The zero-order valence-corrected chi connectivity index (χ0v) is 22.8. The fourth-order valence-electron chi connectivity index (χ4n) is 5.20. The van der Waals surface area contributed by atoms with Crippen molar-refractivity contribution >= 4 is 39.4 Å². The number of aryl methyl sites for hydroxylation is 1. The summed E-state index contributed by atoms with van der Waals surface area (Å²) in [5.74, 6) is 2.14. The largest absolute Gasteiger partial charge is 0.382 e. The molecule has 0 unspecified atom stereocenters. The molecule has 0 saturated heterocycles. The van der Waals surface area contributed by atoms with Crippen LogP contribution in [0.4, 0.5) is 5.82 Å². The first-order chi connectivity index (χ1) is 18.7. The van der Waals surface area contributed by atoms with Gasteiger partial charge in [-0.3, -0.25) is 0 Å². The second-order valence-corrected chi connectivity index (χ2v) is 10.1. The maximum absolute atomic E-state index is 6.53. The molecule has 0 spiro atoms. The average molecular weight is 527 g/mol. The lowest BCUT2D eigenvalue weighted by Gasteiger charge is -2.17. The van der Waals surface area contributed by atoms with Gasteiger partial charge in [0.25, 0.3) is 0 Å². The summed E-state index contributed by atoms with van der Waals surface area (Å²) in [5, 5.41) is 1.12. The second-order valence-electron chi connectivity index (χ2n) is 9.69. The molecule has 0 aliphatic heterocycles. The fourth-order valence-corrected chi connectivity index (χ4v) is 5.39. The summed E-state index contributed by atoms with van der Waals surface area (Å²) in [5.41, 5.74) is 14.3. The quantitative estimate of drug-likeness (QED) is 0.137. The van der Waals surface area contributed by atoms with Crippen molar-refractivity contribution in [3.63, 3.8) is 0 Å². The Bertz CT molecular complexity index is 1500. The number of hydrogen-bond acceptors (Lipinski definition) is 4. The zero-order valence-electron chi connectivity index (χ0n) is 22.0. The van der Waals surface area contributed by atoms with Gasteiger partial charge in [-0.05, 0) is 60.9 Å². The van der Waals surface area contributed by atoms with Crippen molar-refractivity contribution in [2.24, 2.45) is 0 Å². The summed E-state index contributed by atoms with van der Waals surface area (Å²) in [6.07, 6.45) is 5.57. The molecule has 5 aromatic rings. The molecule has 3 aromatic carbocycles. The Balaban J connectivity index is 1.74. The molecule has 5 nitrogen and oxygen atoms in total. The molecule has 0 radical (unpaired) electrons. The molecule has 38 heavy (non-hydrogen) atoms. The molecule has 0 aliphatic carbocycles. The Morgan fingerprint density at radius 3 is 2.24 bits per heavy atom. The first-order valence-electron chi connectivity index (χ1n) is 13.5. The number of halogens is 1. The number of fused-ring (bicyclic) bond motifs is 3. The number of benzene rings is 3. The van der Waals surface area contributed by atoms with E-state index >= 15 is 0 Å². The summed E-state index contributed by atoms with van der Waals surface area (Å²) in [6, 6.07) is 25.6. The van der Waals surface area contributed by atoms with Gasteiger partial charge in [-0.25, -0.2) is 9.97 Å². The molecule has 5 rings (SSSR count). The molecule has 0 amide bonds. The number of nitrogens with zero attached hydrogens (tertiary/aromatic N) is 3. The average Bonchev–Trinajstić information content (AvgIpc) is 3.31. The minimum atomic E-state index is 0.435. The number of rotatable bonds is 12. The molecule has 2 aromatic heterocycles. The van der Waals surface area contributed by atoms with Crippen molar-refractivity contribution in [3.05, 3.63) is 101 Å². The van der Waals surface area contributed by atoms with Crippen LogP contribution in [-0.2, 0) is 30.7 Å². The van der Waals surface area contributed by atoms with Crippen LogP contribution in [0.1, 0.15) is 54.3 Å². The lowest BCUT2D eigenvalue weighted by atomic mass is 9.91. The van der Waals surface area contributed by atoms with Crippen LogP contribution in [0.3, 0.4) is 0 Å². The van der Waals surface area contributed by atoms with Gasteiger partial charge in [-0.2, -0.15) is 0 Å². The van der Waals surface area contributed by atoms with Gasteiger partial charge >= 0.3 is 0 Å². The number of alkyl halides is 1. The monoisotopic (exact) mass is 526 g/mol. The van der Waals surface area contributed by atoms with E-state index in [0.717, 1.165) is 66.3 Å². The third kappa shape index (κ3) is 5.69. The Kier molecular flexibility index (Phi) is 8.57. The summed E-state index contributed by atoms with van der Waals surface area (Å²) >= 11 is 5.92. The maximum atomic E-state index is 6.53. The van der Waals surface area contributed by atoms with Crippen LogP contribution in [0, 0.1) is 0 Å². The van der Waals surface area contributed by atoms with Gasteiger partial charge in [-0.1, -0.05) is 73.2 Å². The highest BCUT2D eigenvalue weighted by molar-refractivity contribution is 6.17. The second kappa shape index (κ2) is 12.4. The maximum Gasteiger partial charge on any atom is 0.152 e. The molecular formula is C32H35ClN4O. The summed E-state index contributed by atoms with van der Waals surface area (Å²) in [6.45, 7) is 3.08. The van der Waals surface area contributed by atoms with Crippen LogP contribution >= 0.6 is 11.6 Å². The molecule has 0 atom stereocenters. The van der Waals surface area contributed by atoms with Crippen molar-refractivity contribution in [2.75, 3.05) is 18.2 Å². The van der Waals surface area contributed by atoms with Crippen molar-refractivity contribution in [1.82, 2.24) is 14.5 Å². The number of imidazole rings is 1. The fraction of sp³-hybridized carbons (Fsp3) is 0.312. The normalized spacial score (nSPS) is 11.5. The highest BCUT2D eigenvalue weighted by atomic mass is 35.5. The van der Waals surface area contributed by atoms with E-state index < -0.39 is 0 Å². The number of anilines is 1. The predicted molar refractivity (Wildman–Crippen MR) is 158 cm³/mol. The highest BCUT2D eigenvalue weighted by Crippen LogP contribution is 2.35. The van der Waals surface area contributed by atoms with E-state index in [1.165, 1.54) is 22.3 Å². The molecule has 6 heteroatoms. The van der Waals surface area contributed by atoms with Gasteiger partial charge in [-0.15, -0.1) is 11.6 Å². The number of nitrogen functional groups attached to an aromatic ring is 1. The van der Waals surface area contributed by atoms with E-state index in [1.807, 2.05) is 6.92 Å². The van der Waals surface area contributed by atoms with E-state index in [9.17, 15) is 0 Å². The van der Waals surface area contributed by atoms with E-state index in [4.69, 9.17) is 32.0 Å². The van der Waals surface area contributed by atoms with Gasteiger partial charge < -0.3 is 15.0 Å². The molecule has 0 aliphatic rings. The Labute approximate surface area is 229 Å². The van der Waals surface area contributed by atoms with E-state index in [0.29, 0.717) is 25.0 Å². The Morgan fingerprint density at radius 1 is 0.842 bits per heavy atom. The summed E-state index contributed by atoms with van der Waals surface area (Å²) in [7, 11) is 0. The highest BCUT2D eigenvalue weighted by Gasteiger charge is 2.21. The number of ether oxygens (including phenoxy) is 1. The number of aromatic nitrogens is 3. The number of nitrogens with two attached hydrogens (primary N) is 1. The SMILES string of the molecule is CCOCn1c(CCCCCCl)nc2c(N)nc3ccc(Cc4ccccc4)c(Cc4ccccc4)c3c21. The van der Waals surface area contributed by atoms with Crippen LogP contribution in [0.2, 0.25) is 0 Å². The van der Waals surface area contributed by atoms with E-state index in [2.05, 4.69) is 77.4 Å².